The maximum atomic E-state index is 10.7. The van der Waals surface area contributed by atoms with E-state index in [1.807, 2.05) is 17.8 Å². The minimum atomic E-state index is -0.233. The molecule has 0 aliphatic rings. The molecule has 1 aromatic rings. The van der Waals surface area contributed by atoms with E-state index in [1.54, 1.807) is 6.20 Å². The molecule has 4 nitrogen and oxygen atoms in total. The average molecular weight is 186 g/mol. The van der Waals surface area contributed by atoms with Crippen molar-refractivity contribution in [2.45, 2.75) is 5.16 Å². The van der Waals surface area contributed by atoms with Crippen LogP contribution in [0.15, 0.2) is 17.6 Å². The molecule has 66 valence electrons. The van der Waals surface area contributed by atoms with Crippen LogP contribution in [0.3, 0.4) is 0 Å². The number of hydrogen-bond donors (Lipinski definition) is 0. The van der Waals surface area contributed by atoms with E-state index in [0.29, 0.717) is 5.75 Å². The lowest BCUT2D eigenvalue weighted by atomic mass is 10.8. The monoisotopic (exact) mass is 186 g/mol. The molecular weight excluding hydrogens is 176 g/mol. The maximum Gasteiger partial charge on any atom is 0.316 e. The maximum absolute atomic E-state index is 10.7. The molecule has 1 rings (SSSR count). The van der Waals surface area contributed by atoms with Gasteiger partial charge in [0.1, 0.15) is 0 Å². The zero-order chi connectivity index (χ0) is 8.97. The molecule has 0 N–H and O–H groups in total. The number of aryl methyl sites for hydroxylation is 1. The first-order valence-corrected chi connectivity index (χ1v) is 4.39. The molecular formula is C7H10N2O2S. The zero-order valence-corrected chi connectivity index (χ0v) is 7.80. The van der Waals surface area contributed by atoms with Gasteiger partial charge in [-0.15, -0.1) is 0 Å². The number of hydrogen-bond acceptors (Lipinski definition) is 4. The molecule has 0 saturated carbocycles. The summed E-state index contributed by atoms with van der Waals surface area (Å²) in [5.74, 6) is 0.0736. The molecule has 1 aromatic heterocycles. The predicted molar refractivity (Wildman–Crippen MR) is 45.9 cm³/mol. The highest BCUT2D eigenvalue weighted by molar-refractivity contribution is 7.99. The van der Waals surface area contributed by atoms with E-state index in [-0.39, 0.29) is 5.97 Å². The second-order valence-electron chi connectivity index (χ2n) is 2.19. The number of carbonyl (C=O) groups excluding carboxylic acids is 1. The average Bonchev–Trinajstić information content (AvgIpc) is 2.47. The quantitative estimate of drug-likeness (QED) is 0.514. The van der Waals surface area contributed by atoms with Crippen LogP contribution in [0.1, 0.15) is 0 Å². The molecule has 0 aliphatic heterocycles. The van der Waals surface area contributed by atoms with Gasteiger partial charge in [0.05, 0.1) is 12.9 Å². The third-order valence-corrected chi connectivity index (χ3v) is 2.36. The lowest BCUT2D eigenvalue weighted by Crippen LogP contribution is -2.04. The van der Waals surface area contributed by atoms with Gasteiger partial charge in [0, 0.05) is 19.4 Å². The van der Waals surface area contributed by atoms with Crippen LogP contribution in [-0.4, -0.2) is 28.4 Å². The summed E-state index contributed by atoms with van der Waals surface area (Å²) in [5.41, 5.74) is 0. The van der Waals surface area contributed by atoms with Crippen LogP contribution in [-0.2, 0) is 16.6 Å². The van der Waals surface area contributed by atoms with E-state index in [1.165, 1.54) is 18.9 Å². The molecule has 5 heteroatoms. The fraction of sp³-hybridized carbons (Fsp3) is 0.429. The van der Waals surface area contributed by atoms with Crippen LogP contribution in [0.25, 0.3) is 0 Å². The smallest absolute Gasteiger partial charge is 0.316 e. The Morgan fingerprint density at radius 2 is 2.58 bits per heavy atom. The SMILES string of the molecule is COC(=O)CSc1nccn1C. The van der Waals surface area contributed by atoms with Crippen LogP contribution in [0.4, 0.5) is 0 Å². The minimum absolute atomic E-state index is 0.233. The molecule has 0 radical (unpaired) electrons. The van der Waals surface area contributed by atoms with Crippen LogP contribution >= 0.6 is 11.8 Å². The predicted octanol–water partition coefficient (Wildman–Crippen LogP) is 0.685. The minimum Gasteiger partial charge on any atom is -0.468 e. The fourth-order valence-corrected chi connectivity index (χ4v) is 1.44. The standard InChI is InChI=1S/C7H10N2O2S/c1-9-4-3-8-7(9)12-5-6(10)11-2/h3-4H,5H2,1-2H3. The van der Waals surface area contributed by atoms with Crippen molar-refractivity contribution in [1.29, 1.82) is 0 Å². The van der Waals surface area contributed by atoms with E-state index < -0.39 is 0 Å². The lowest BCUT2D eigenvalue weighted by Gasteiger charge is -1.99. The number of thioether (sulfide) groups is 1. The summed E-state index contributed by atoms with van der Waals surface area (Å²) >= 11 is 1.36. The van der Waals surface area contributed by atoms with E-state index in [9.17, 15) is 4.79 Å². The second-order valence-corrected chi connectivity index (χ2v) is 3.13. The molecule has 0 aliphatic carbocycles. The van der Waals surface area contributed by atoms with Crippen molar-refractivity contribution in [2.24, 2.45) is 7.05 Å². The normalized spacial score (nSPS) is 9.83. The zero-order valence-electron chi connectivity index (χ0n) is 6.98. The van der Waals surface area contributed by atoms with Gasteiger partial charge >= 0.3 is 5.97 Å². The van der Waals surface area contributed by atoms with Crippen molar-refractivity contribution in [3.63, 3.8) is 0 Å². The molecule has 1 heterocycles. The third-order valence-electron chi connectivity index (χ3n) is 1.32. The number of aromatic nitrogens is 2. The Kier molecular flexibility index (Phi) is 3.16. The largest absolute Gasteiger partial charge is 0.468 e. The van der Waals surface area contributed by atoms with Crippen molar-refractivity contribution in [3.8, 4) is 0 Å². The Balaban J connectivity index is 2.43. The summed E-state index contributed by atoms with van der Waals surface area (Å²) in [6, 6.07) is 0. The van der Waals surface area contributed by atoms with Gasteiger partial charge in [-0.25, -0.2) is 4.98 Å². The van der Waals surface area contributed by atoms with Crippen LogP contribution in [0.2, 0.25) is 0 Å². The number of imidazole rings is 1. The highest BCUT2D eigenvalue weighted by atomic mass is 32.2. The number of rotatable bonds is 3. The van der Waals surface area contributed by atoms with Gasteiger partial charge in [-0.05, 0) is 0 Å². The Morgan fingerprint density at radius 3 is 3.08 bits per heavy atom. The molecule has 0 amide bonds. The van der Waals surface area contributed by atoms with E-state index in [0.717, 1.165) is 5.16 Å². The molecule has 0 bridgehead atoms. The van der Waals surface area contributed by atoms with Crippen molar-refractivity contribution in [1.82, 2.24) is 9.55 Å². The van der Waals surface area contributed by atoms with Crippen LogP contribution in [0, 0.1) is 0 Å². The lowest BCUT2D eigenvalue weighted by molar-refractivity contribution is -0.137. The van der Waals surface area contributed by atoms with Gasteiger partial charge in [-0.2, -0.15) is 0 Å². The van der Waals surface area contributed by atoms with Gasteiger partial charge < -0.3 is 9.30 Å². The Labute approximate surface area is 74.9 Å². The highest BCUT2D eigenvalue weighted by Gasteiger charge is 2.04. The van der Waals surface area contributed by atoms with Gasteiger partial charge in [-0.3, -0.25) is 4.79 Å². The summed E-state index contributed by atoms with van der Waals surface area (Å²) < 4.78 is 6.35. The number of methoxy groups -OCH3 is 1. The van der Waals surface area contributed by atoms with E-state index >= 15 is 0 Å². The first-order chi connectivity index (χ1) is 5.74. The van der Waals surface area contributed by atoms with Crippen molar-refractivity contribution in [3.05, 3.63) is 12.4 Å². The molecule has 0 unspecified atom stereocenters. The van der Waals surface area contributed by atoms with Gasteiger partial charge in [0.25, 0.3) is 0 Å². The number of nitrogens with zero attached hydrogens (tertiary/aromatic N) is 2. The Morgan fingerprint density at radius 1 is 1.83 bits per heavy atom. The van der Waals surface area contributed by atoms with E-state index in [4.69, 9.17) is 0 Å². The number of esters is 1. The van der Waals surface area contributed by atoms with E-state index in [2.05, 4.69) is 9.72 Å². The van der Waals surface area contributed by atoms with Crippen LogP contribution < -0.4 is 0 Å². The summed E-state index contributed by atoms with van der Waals surface area (Å²) in [6.45, 7) is 0. The summed E-state index contributed by atoms with van der Waals surface area (Å²) in [7, 11) is 3.26. The first kappa shape index (κ1) is 9.12. The second kappa shape index (κ2) is 4.15. The highest BCUT2D eigenvalue weighted by Crippen LogP contribution is 2.13. The van der Waals surface area contributed by atoms with Crippen molar-refractivity contribution in [2.75, 3.05) is 12.9 Å². The fourth-order valence-electron chi connectivity index (χ4n) is 0.673. The molecule has 0 aromatic carbocycles. The first-order valence-electron chi connectivity index (χ1n) is 3.41. The van der Waals surface area contributed by atoms with Crippen LogP contribution in [0.5, 0.6) is 0 Å². The Hall–Kier alpha value is -0.970. The van der Waals surface area contributed by atoms with Gasteiger partial charge in [0.15, 0.2) is 5.16 Å². The molecule has 0 spiro atoms. The van der Waals surface area contributed by atoms with Gasteiger partial charge in [0.2, 0.25) is 0 Å². The molecule has 0 atom stereocenters. The number of carbonyl (C=O) groups is 1. The summed E-state index contributed by atoms with van der Waals surface area (Å²) in [5, 5.41) is 0.820. The van der Waals surface area contributed by atoms with Crippen molar-refractivity contribution < 1.29 is 9.53 Å². The molecule has 0 saturated heterocycles. The Bertz CT molecular complexity index is 272. The third kappa shape index (κ3) is 2.27. The molecule has 0 fully saturated rings. The van der Waals surface area contributed by atoms with Crippen molar-refractivity contribution >= 4 is 17.7 Å². The molecule has 12 heavy (non-hydrogen) atoms. The summed E-state index contributed by atoms with van der Waals surface area (Å²) in [6.07, 6.45) is 3.53. The number of ether oxygens (including phenoxy) is 1. The summed E-state index contributed by atoms with van der Waals surface area (Å²) in [4.78, 5) is 14.8. The van der Waals surface area contributed by atoms with Gasteiger partial charge in [-0.1, -0.05) is 11.8 Å². The topological polar surface area (TPSA) is 44.1 Å².